The fraction of sp³-hybridized carbons (Fsp3) is 0.542. The number of ether oxygens (including phenoxy) is 2. The molecule has 1 fully saturated rings. The van der Waals surface area contributed by atoms with Crippen LogP contribution in [0.15, 0.2) is 42.5 Å². The van der Waals surface area contributed by atoms with Crippen LogP contribution in [0.4, 0.5) is 48.7 Å². The highest BCUT2D eigenvalue weighted by Gasteiger charge is 2.68. The smallest absolute Gasteiger partial charge is 0.459 e. The lowest BCUT2D eigenvalue weighted by Crippen LogP contribution is -2.40. The van der Waals surface area contributed by atoms with E-state index >= 15 is 8.78 Å². The zero-order valence-corrected chi connectivity index (χ0v) is 56.5. The Kier molecular flexibility index (Phi) is 21.9. The van der Waals surface area contributed by atoms with Crippen molar-refractivity contribution in [1.29, 1.82) is 0 Å². The molecule has 522 valence electrons. The number of nitrogens with zero attached hydrogens (tertiary/aromatic N) is 7. The molecule has 1 N–H and O–H groups in total. The lowest BCUT2D eigenvalue weighted by Gasteiger charge is -2.31. The first-order valence-corrected chi connectivity index (χ1v) is 33.8. The number of esters is 1. The van der Waals surface area contributed by atoms with E-state index in [2.05, 4.69) is 32.3 Å². The summed E-state index contributed by atoms with van der Waals surface area (Å²) in [6, 6.07) is 4.75. The van der Waals surface area contributed by atoms with Gasteiger partial charge in [0.25, 0.3) is 5.92 Å². The van der Waals surface area contributed by atoms with Gasteiger partial charge in [-0.15, -0.1) is 0 Å². The van der Waals surface area contributed by atoms with Crippen molar-refractivity contribution >= 4 is 74.9 Å². The first kappa shape index (κ1) is 75.5. The van der Waals surface area contributed by atoms with Gasteiger partial charge in [-0.05, 0) is 143 Å². The van der Waals surface area contributed by atoms with Gasteiger partial charge in [0.05, 0.1) is 45.7 Å². The van der Waals surface area contributed by atoms with Gasteiger partial charge in [-0.3, -0.25) is 37.7 Å². The summed E-state index contributed by atoms with van der Waals surface area (Å²) in [5.74, 6) is -7.44. The van der Waals surface area contributed by atoms with E-state index in [-0.39, 0.29) is 37.8 Å². The molecule has 2 aliphatic carbocycles. The number of hydrogen-bond acceptors (Lipinski definition) is 17. The summed E-state index contributed by atoms with van der Waals surface area (Å²) in [5, 5.41) is 9.09. The van der Waals surface area contributed by atoms with Crippen molar-refractivity contribution in [1.82, 2.24) is 39.1 Å². The minimum absolute atomic E-state index is 0.179. The Labute approximate surface area is 546 Å². The largest absolute Gasteiger partial charge is 0.478 e. The molecule has 0 spiro atoms. The molecular weight excluding hydrogens is 1370 g/mol. The number of carbonyl (C=O) groups is 4. The van der Waals surface area contributed by atoms with Crippen molar-refractivity contribution < 1.29 is 108 Å². The molecule has 0 saturated heterocycles. The zero-order valence-electron chi connectivity index (χ0n) is 53.2. The van der Waals surface area contributed by atoms with Gasteiger partial charge in [0.2, 0.25) is 29.5 Å². The molecule has 22 nitrogen and oxygen atoms in total. The third kappa shape index (κ3) is 19.2. The normalized spacial score (nSPS) is 16.2. The maximum absolute atomic E-state index is 15.8. The number of rotatable bonds is 23. The summed E-state index contributed by atoms with van der Waals surface area (Å²) in [6.07, 6.45) is -13.1. The highest BCUT2D eigenvalue weighted by atomic mass is 35.5. The van der Waals surface area contributed by atoms with Gasteiger partial charge in [-0.25, -0.2) is 48.8 Å². The summed E-state index contributed by atoms with van der Waals surface area (Å²) in [5.41, 5.74) is -9.82. The molecule has 2 aromatic carbocycles. The van der Waals surface area contributed by atoms with E-state index in [0.717, 1.165) is 47.6 Å². The Balaban J connectivity index is 1.30. The molecule has 36 heteroatoms. The Bertz CT molecular complexity index is 4080. The van der Waals surface area contributed by atoms with Crippen LogP contribution in [0.3, 0.4) is 0 Å². The predicted octanol–water partition coefficient (Wildman–Crippen LogP) is 11.4. The van der Waals surface area contributed by atoms with E-state index in [0.29, 0.717) is 10.7 Å². The Morgan fingerprint density at radius 1 is 0.874 bits per heavy atom. The van der Waals surface area contributed by atoms with Gasteiger partial charge in [0, 0.05) is 53.3 Å². The number of sulfone groups is 1. The molecule has 5 aromatic rings. The lowest BCUT2D eigenvalue weighted by molar-refractivity contribution is -0.156. The summed E-state index contributed by atoms with van der Waals surface area (Å²) in [7, 11) is -12.4. The topological polar surface area (TPSA) is 267 Å². The van der Waals surface area contributed by atoms with Gasteiger partial charge in [-0.2, -0.15) is 45.3 Å². The maximum atomic E-state index is 15.8. The summed E-state index contributed by atoms with van der Waals surface area (Å²) in [4.78, 5) is 60.3. The van der Waals surface area contributed by atoms with Crippen LogP contribution in [0.2, 0.25) is 5.02 Å². The molecule has 3 atom stereocenters. The van der Waals surface area contributed by atoms with Crippen LogP contribution in [-0.2, 0) is 101 Å². The SMILES string of the molecule is CC(C)(C)OC(=O)CN(CCCC(=O)N(Cc1nn(CC(F)(F)F)c2c(-c3ccc(C#CC(C)(C)S(C)(=O)=O)nc3[C@H](Cc3cc(F)cc(F)c3)NC(=O)Cn3nc(C(F)(F)F)c4c3C(F)(F)[C@@H]3C[C@H]43)ccc(Cl)c12)[SH](=O)=O)C(=O)OCOP(=O)(OC(C)(C)C)OC(C)(C)C. The van der Waals surface area contributed by atoms with Crippen LogP contribution in [0.1, 0.15) is 147 Å². The molecule has 0 unspecified atom stereocenters. The maximum Gasteiger partial charge on any atom is 0.478 e. The van der Waals surface area contributed by atoms with E-state index < -0.39 is 225 Å². The number of pyridine rings is 1. The van der Waals surface area contributed by atoms with Crippen molar-refractivity contribution in [2.45, 2.75) is 173 Å². The molecular formula is C59H68ClF10N8O14PS2. The Morgan fingerprint density at radius 2 is 1.48 bits per heavy atom. The van der Waals surface area contributed by atoms with E-state index in [1.807, 2.05) is 0 Å². The number of halogens is 11. The van der Waals surface area contributed by atoms with Gasteiger partial charge in [0.15, 0.2) is 15.5 Å². The fourth-order valence-corrected chi connectivity index (χ4v) is 12.8. The van der Waals surface area contributed by atoms with Crippen LogP contribution < -0.4 is 5.32 Å². The third-order valence-corrected chi connectivity index (χ3v) is 19.2. The van der Waals surface area contributed by atoms with Crippen molar-refractivity contribution in [3.05, 3.63) is 98.7 Å². The van der Waals surface area contributed by atoms with Crippen LogP contribution in [-0.4, -0.2) is 128 Å². The monoisotopic (exact) mass is 1430 g/mol. The lowest BCUT2D eigenvalue weighted by atomic mass is 9.93. The quantitative estimate of drug-likeness (QED) is 0.0154. The zero-order chi connectivity index (χ0) is 71.3. The molecule has 3 heterocycles. The Morgan fingerprint density at radius 3 is 2.04 bits per heavy atom. The molecule has 7 rings (SSSR count). The fourth-order valence-electron chi connectivity index (χ4n) is 10.1. The second-order valence-corrected chi connectivity index (χ2v) is 31.4. The van der Waals surface area contributed by atoms with Crippen molar-refractivity contribution in [3.8, 4) is 23.0 Å². The first-order chi connectivity index (χ1) is 43.4. The van der Waals surface area contributed by atoms with Crippen molar-refractivity contribution in [3.63, 3.8) is 0 Å². The van der Waals surface area contributed by atoms with Crippen LogP contribution >= 0.6 is 19.4 Å². The number of nitrogens with one attached hydrogen (secondary N) is 1. The highest BCUT2D eigenvalue weighted by Crippen LogP contribution is 2.68. The Hall–Kier alpha value is -6.89. The molecule has 0 radical (unpaired) electrons. The molecule has 95 heavy (non-hydrogen) atoms. The van der Waals surface area contributed by atoms with Crippen molar-refractivity contribution in [2.24, 2.45) is 5.92 Å². The minimum atomic E-state index is -5.26. The van der Waals surface area contributed by atoms with E-state index in [1.54, 1.807) is 41.5 Å². The second kappa shape index (κ2) is 27.6. The summed E-state index contributed by atoms with van der Waals surface area (Å²) < 4.78 is 240. The number of phosphoric acid groups is 1. The molecule has 0 bridgehead atoms. The van der Waals surface area contributed by atoms with Crippen LogP contribution in [0.25, 0.3) is 22.0 Å². The number of carbonyl (C=O) groups excluding carboxylic acids is 4. The molecule has 1 saturated carbocycles. The third-order valence-electron chi connectivity index (χ3n) is 14.2. The van der Waals surface area contributed by atoms with Gasteiger partial charge in [0.1, 0.15) is 53.0 Å². The van der Waals surface area contributed by atoms with E-state index in [1.165, 1.54) is 34.6 Å². The van der Waals surface area contributed by atoms with Gasteiger partial charge >= 0.3 is 32.2 Å². The average molecular weight is 1430 g/mol. The average Bonchev–Trinajstić information content (AvgIpc) is 1.52. The number of benzene rings is 2. The van der Waals surface area contributed by atoms with Crippen molar-refractivity contribution in [2.75, 3.05) is 26.1 Å². The number of alkyl halides is 8. The second-order valence-electron chi connectivity index (χ2n) is 26.0. The highest BCUT2D eigenvalue weighted by molar-refractivity contribution is 7.92. The van der Waals surface area contributed by atoms with E-state index in [9.17, 15) is 75.7 Å². The molecule has 3 aromatic heterocycles. The number of fused-ring (bicyclic) bond motifs is 4. The first-order valence-electron chi connectivity index (χ1n) is 28.9. The standard InChI is InChI=1S/C59H68ClF10N8O14PS2/c1-53(2,3)90-45(81)29-75(52(82)88-31-89-93(83,91-54(4,5)6)92-55(7,8)9)21-13-14-44(80)78(94(84)85)27-42-47-40(60)18-17-37(49(47)77(73-42)30-57(63,64)65)36-16-15-35(19-20-56(10,11)95(12,86)87)71-48(36)41(24-32-22-33(61)25-34(62)23-32)72-43(79)28-76-51-46(50(74-76)59(68,69)70)38-26-39(38)58(51,66)67/h15-18,22-23,25,38-39,41,94H,13-14,21,24,26-31H2,1-12H3,(H,72,79)/t38-,39+,41-/m0/s1. The molecule has 2 aliphatic rings. The molecule has 0 aliphatic heterocycles. The van der Waals surface area contributed by atoms with E-state index in [4.69, 9.17) is 34.6 Å². The number of aromatic nitrogens is 5. The minimum Gasteiger partial charge on any atom is -0.459 e. The van der Waals surface area contributed by atoms with Gasteiger partial charge in [-0.1, -0.05) is 23.6 Å². The predicted molar refractivity (Wildman–Crippen MR) is 322 cm³/mol. The molecule has 3 amide bonds. The summed E-state index contributed by atoms with van der Waals surface area (Å²) >= 11 is 6.77. The number of amides is 3. The number of phosphoric ester groups is 1. The summed E-state index contributed by atoms with van der Waals surface area (Å²) in [6.45, 7) is 9.40. The number of hydrogen-bond donors (Lipinski definition) is 2. The van der Waals surface area contributed by atoms with Crippen LogP contribution in [0.5, 0.6) is 0 Å². The van der Waals surface area contributed by atoms with Crippen LogP contribution in [0, 0.1) is 29.4 Å². The number of thiol groups is 1. The van der Waals surface area contributed by atoms with Gasteiger partial charge < -0.3 is 14.8 Å².